The zero-order valence-electron chi connectivity index (χ0n) is 9.96. The number of hydrogen-bond acceptors (Lipinski definition) is 2. The minimum absolute atomic E-state index is 0.427. The van der Waals surface area contributed by atoms with Crippen LogP contribution in [0.1, 0.15) is 5.56 Å². The SMILES string of the molecule is CN(C(=O)O)C1Cc2ccc3ccccc3c2O1. The van der Waals surface area contributed by atoms with E-state index in [0.29, 0.717) is 6.42 Å². The van der Waals surface area contributed by atoms with Crippen molar-refractivity contribution in [1.29, 1.82) is 0 Å². The quantitative estimate of drug-likeness (QED) is 0.837. The molecule has 2 aromatic rings. The van der Waals surface area contributed by atoms with E-state index < -0.39 is 12.3 Å². The van der Waals surface area contributed by atoms with Crippen LogP contribution in [0.4, 0.5) is 4.79 Å². The third-order valence-electron chi connectivity index (χ3n) is 3.34. The Morgan fingerprint density at radius 2 is 2.11 bits per heavy atom. The van der Waals surface area contributed by atoms with Gasteiger partial charge in [-0.15, -0.1) is 0 Å². The van der Waals surface area contributed by atoms with Crippen molar-refractivity contribution >= 4 is 16.9 Å². The molecular formula is C14H13NO3. The monoisotopic (exact) mass is 243 g/mol. The van der Waals surface area contributed by atoms with Gasteiger partial charge in [-0.25, -0.2) is 4.79 Å². The molecule has 0 aliphatic carbocycles. The van der Waals surface area contributed by atoms with Gasteiger partial charge in [0.05, 0.1) is 0 Å². The number of nitrogens with zero attached hydrogens (tertiary/aromatic N) is 1. The predicted molar refractivity (Wildman–Crippen MR) is 67.9 cm³/mol. The van der Waals surface area contributed by atoms with Gasteiger partial charge in [-0.3, -0.25) is 4.90 Å². The summed E-state index contributed by atoms with van der Waals surface area (Å²) >= 11 is 0. The van der Waals surface area contributed by atoms with Crippen molar-refractivity contribution in [3.8, 4) is 5.75 Å². The summed E-state index contributed by atoms with van der Waals surface area (Å²) in [5, 5.41) is 11.1. The van der Waals surface area contributed by atoms with Crippen LogP contribution >= 0.6 is 0 Å². The Morgan fingerprint density at radius 1 is 1.33 bits per heavy atom. The Hall–Kier alpha value is -2.23. The summed E-state index contributed by atoms with van der Waals surface area (Å²) in [6.45, 7) is 0. The standard InChI is InChI=1S/C14H13NO3/c1-15(14(16)17)12-8-10-7-6-9-4-2-3-5-11(9)13(10)18-12/h2-7,12H,8H2,1H3,(H,16,17). The molecule has 1 aliphatic rings. The molecule has 4 nitrogen and oxygen atoms in total. The Balaban J connectivity index is 2.03. The molecule has 1 atom stereocenters. The first-order chi connectivity index (χ1) is 8.66. The second kappa shape index (κ2) is 3.91. The zero-order valence-corrected chi connectivity index (χ0v) is 9.96. The van der Waals surface area contributed by atoms with E-state index in [1.165, 1.54) is 11.9 Å². The highest BCUT2D eigenvalue weighted by molar-refractivity contribution is 5.90. The van der Waals surface area contributed by atoms with Crippen molar-refractivity contribution in [3.63, 3.8) is 0 Å². The first kappa shape index (κ1) is 10.9. The Labute approximate surface area is 104 Å². The highest BCUT2D eigenvalue weighted by Crippen LogP contribution is 2.36. The van der Waals surface area contributed by atoms with Gasteiger partial charge in [-0.2, -0.15) is 0 Å². The number of benzene rings is 2. The maximum Gasteiger partial charge on any atom is 0.409 e. The van der Waals surface area contributed by atoms with Crippen molar-refractivity contribution in [2.75, 3.05) is 7.05 Å². The lowest BCUT2D eigenvalue weighted by molar-refractivity contribution is 0.0615. The second-order valence-electron chi connectivity index (χ2n) is 4.45. The van der Waals surface area contributed by atoms with Crippen LogP contribution in [-0.2, 0) is 6.42 Å². The van der Waals surface area contributed by atoms with E-state index in [1.54, 1.807) is 0 Å². The molecule has 0 saturated carbocycles. The van der Waals surface area contributed by atoms with Gasteiger partial charge in [-0.1, -0.05) is 36.4 Å². The number of carbonyl (C=O) groups is 1. The van der Waals surface area contributed by atoms with Crippen LogP contribution in [0.25, 0.3) is 10.8 Å². The van der Waals surface area contributed by atoms with E-state index in [1.807, 2.05) is 36.4 Å². The summed E-state index contributed by atoms with van der Waals surface area (Å²) in [4.78, 5) is 12.2. The third kappa shape index (κ3) is 1.57. The number of carboxylic acid groups (broad SMARTS) is 1. The van der Waals surface area contributed by atoms with Gasteiger partial charge in [0, 0.05) is 24.4 Å². The second-order valence-corrected chi connectivity index (χ2v) is 4.45. The molecule has 18 heavy (non-hydrogen) atoms. The van der Waals surface area contributed by atoms with E-state index in [2.05, 4.69) is 0 Å². The fourth-order valence-corrected chi connectivity index (χ4v) is 2.29. The minimum Gasteiger partial charge on any atom is -0.469 e. The van der Waals surface area contributed by atoms with E-state index in [0.717, 1.165) is 22.1 Å². The molecule has 0 bridgehead atoms. The lowest BCUT2D eigenvalue weighted by Crippen LogP contribution is -2.38. The van der Waals surface area contributed by atoms with Crippen LogP contribution in [0, 0.1) is 0 Å². The lowest BCUT2D eigenvalue weighted by atomic mass is 10.0. The maximum atomic E-state index is 10.9. The molecule has 0 radical (unpaired) electrons. The number of ether oxygens (including phenoxy) is 1. The van der Waals surface area contributed by atoms with Crippen molar-refractivity contribution in [2.24, 2.45) is 0 Å². The molecule has 92 valence electrons. The minimum atomic E-state index is -0.975. The molecule has 1 N–H and O–H groups in total. The van der Waals surface area contributed by atoms with E-state index in [-0.39, 0.29) is 0 Å². The van der Waals surface area contributed by atoms with Gasteiger partial charge in [0.15, 0.2) is 6.23 Å². The van der Waals surface area contributed by atoms with E-state index in [4.69, 9.17) is 9.84 Å². The topological polar surface area (TPSA) is 49.8 Å². The first-order valence-corrected chi connectivity index (χ1v) is 5.80. The lowest BCUT2D eigenvalue weighted by Gasteiger charge is -2.20. The van der Waals surface area contributed by atoms with Crippen molar-refractivity contribution in [3.05, 3.63) is 42.0 Å². The van der Waals surface area contributed by atoms with Gasteiger partial charge >= 0.3 is 6.09 Å². The van der Waals surface area contributed by atoms with Gasteiger partial charge in [0.25, 0.3) is 0 Å². The predicted octanol–water partition coefficient (Wildman–Crippen LogP) is 2.71. The summed E-state index contributed by atoms with van der Waals surface area (Å²) in [6.07, 6.45) is -0.802. The fourth-order valence-electron chi connectivity index (χ4n) is 2.29. The maximum absolute atomic E-state index is 10.9. The van der Waals surface area contributed by atoms with Crippen LogP contribution in [0.3, 0.4) is 0 Å². The molecule has 1 aliphatic heterocycles. The van der Waals surface area contributed by atoms with Crippen molar-refractivity contribution < 1.29 is 14.6 Å². The third-order valence-corrected chi connectivity index (χ3v) is 3.34. The van der Waals surface area contributed by atoms with Crippen LogP contribution in [0.5, 0.6) is 5.75 Å². The Morgan fingerprint density at radius 3 is 2.89 bits per heavy atom. The van der Waals surface area contributed by atoms with Crippen LogP contribution in [-0.4, -0.2) is 29.4 Å². The molecule has 0 fully saturated rings. The number of amides is 1. The average Bonchev–Trinajstić information content (AvgIpc) is 2.81. The highest BCUT2D eigenvalue weighted by atomic mass is 16.5. The molecule has 0 spiro atoms. The van der Waals surface area contributed by atoms with Crippen LogP contribution in [0.15, 0.2) is 36.4 Å². The summed E-state index contributed by atoms with van der Waals surface area (Å²) in [5.41, 5.74) is 1.06. The molecule has 1 unspecified atom stereocenters. The van der Waals surface area contributed by atoms with Crippen LogP contribution < -0.4 is 4.74 Å². The fraction of sp³-hybridized carbons (Fsp3) is 0.214. The number of rotatable bonds is 1. The summed E-state index contributed by atoms with van der Waals surface area (Å²) in [7, 11) is 1.53. The molecular weight excluding hydrogens is 230 g/mol. The zero-order chi connectivity index (χ0) is 12.7. The van der Waals surface area contributed by atoms with Crippen LogP contribution in [0.2, 0.25) is 0 Å². The molecule has 0 saturated heterocycles. The summed E-state index contributed by atoms with van der Waals surface area (Å²) in [6, 6.07) is 12.0. The highest BCUT2D eigenvalue weighted by Gasteiger charge is 2.29. The first-order valence-electron chi connectivity index (χ1n) is 5.80. The Kier molecular flexibility index (Phi) is 2.37. The van der Waals surface area contributed by atoms with Crippen molar-refractivity contribution in [2.45, 2.75) is 12.6 Å². The van der Waals surface area contributed by atoms with Crippen molar-refractivity contribution in [1.82, 2.24) is 4.90 Å². The molecule has 2 aromatic carbocycles. The Bertz CT molecular complexity index is 623. The normalized spacial score (nSPS) is 17.3. The van der Waals surface area contributed by atoms with Gasteiger partial charge < -0.3 is 9.84 Å². The van der Waals surface area contributed by atoms with Gasteiger partial charge in [-0.05, 0) is 5.39 Å². The molecule has 1 amide bonds. The summed E-state index contributed by atoms with van der Waals surface area (Å²) in [5.74, 6) is 0.811. The van der Waals surface area contributed by atoms with Gasteiger partial charge in [0.1, 0.15) is 5.75 Å². The average molecular weight is 243 g/mol. The smallest absolute Gasteiger partial charge is 0.409 e. The number of likely N-dealkylation sites (N-methyl/N-ethyl adjacent to an activating group) is 1. The molecule has 3 rings (SSSR count). The van der Waals surface area contributed by atoms with Gasteiger partial charge in [0.2, 0.25) is 0 Å². The molecule has 4 heteroatoms. The number of fused-ring (bicyclic) bond motifs is 3. The van der Waals surface area contributed by atoms with E-state index >= 15 is 0 Å². The molecule has 1 heterocycles. The largest absolute Gasteiger partial charge is 0.469 e. The van der Waals surface area contributed by atoms with E-state index in [9.17, 15) is 4.79 Å². The molecule has 0 aromatic heterocycles. The number of hydrogen-bond donors (Lipinski definition) is 1. The summed E-state index contributed by atoms with van der Waals surface area (Å²) < 4.78 is 5.79.